The molecule has 2 saturated carbocycles. The molecule has 0 aromatic rings. The normalized spacial score (nSPS) is 34.8. The Bertz CT molecular complexity index is 201. The minimum Gasteiger partial charge on any atom is -0.371 e. The van der Waals surface area contributed by atoms with Gasteiger partial charge in [-0.15, -0.1) is 0 Å². The lowest BCUT2D eigenvalue weighted by atomic mass is 9.76. The van der Waals surface area contributed by atoms with Gasteiger partial charge in [0.15, 0.2) is 0 Å². The van der Waals surface area contributed by atoms with E-state index in [1.54, 1.807) is 0 Å². The van der Waals surface area contributed by atoms with Crippen molar-refractivity contribution in [3.05, 3.63) is 0 Å². The van der Waals surface area contributed by atoms with Gasteiger partial charge < -0.3 is 10.5 Å². The molecule has 0 spiro atoms. The van der Waals surface area contributed by atoms with E-state index in [2.05, 4.69) is 6.92 Å². The first-order valence-electron chi connectivity index (χ1n) is 6.64. The molecule has 0 saturated heterocycles. The van der Waals surface area contributed by atoms with Crippen LogP contribution in [-0.2, 0) is 4.74 Å². The van der Waals surface area contributed by atoms with Crippen LogP contribution in [-0.4, -0.2) is 18.2 Å². The summed E-state index contributed by atoms with van der Waals surface area (Å²) in [5.74, 6) is 0.758. The van der Waals surface area contributed by atoms with Crippen molar-refractivity contribution in [3.63, 3.8) is 0 Å². The molecule has 2 N–H and O–H groups in total. The van der Waals surface area contributed by atoms with Crippen LogP contribution in [0.4, 0.5) is 0 Å². The van der Waals surface area contributed by atoms with Crippen LogP contribution in [0.5, 0.6) is 0 Å². The maximum absolute atomic E-state index is 6.39. The van der Waals surface area contributed by atoms with Crippen LogP contribution in [0.1, 0.15) is 58.3 Å². The first kappa shape index (κ1) is 11.4. The minimum atomic E-state index is 0.186. The van der Waals surface area contributed by atoms with Crippen LogP contribution in [0, 0.1) is 5.92 Å². The number of rotatable bonds is 4. The molecule has 2 rings (SSSR count). The number of nitrogens with two attached hydrogens (primary N) is 1. The second kappa shape index (κ2) is 4.84. The van der Waals surface area contributed by atoms with Crippen LogP contribution in [0.2, 0.25) is 0 Å². The summed E-state index contributed by atoms with van der Waals surface area (Å²) in [6.45, 7) is 3.12. The Labute approximate surface area is 93.6 Å². The number of ether oxygens (including phenoxy) is 1. The molecule has 0 amide bonds. The first-order chi connectivity index (χ1) is 7.26. The highest BCUT2D eigenvalue weighted by Crippen LogP contribution is 2.42. The molecule has 2 heteroatoms. The van der Waals surface area contributed by atoms with Crippen molar-refractivity contribution in [3.8, 4) is 0 Å². The van der Waals surface area contributed by atoms with Gasteiger partial charge in [0, 0.05) is 0 Å². The largest absolute Gasteiger partial charge is 0.371 e. The molecule has 0 aromatic carbocycles. The van der Waals surface area contributed by atoms with E-state index < -0.39 is 0 Å². The zero-order valence-electron chi connectivity index (χ0n) is 10.0. The van der Waals surface area contributed by atoms with Crippen molar-refractivity contribution in [2.24, 2.45) is 11.7 Å². The van der Waals surface area contributed by atoms with E-state index in [9.17, 15) is 0 Å². The molecule has 2 atom stereocenters. The molecule has 15 heavy (non-hydrogen) atoms. The summed E-state index contributed by atoms with van der Waals surface area (Å²) in [4.78, 5) is 0. The molecule has 0 heterocycles. The fourth-order valence-electron chi connectivity index (χ4n) is 3.04. The summed E-state index contributed by atoms with van der Waals surface area (Å²) in [5, 5.41) is 0. The molecular formula is C13H25NO. The van der Waals surface area contributed by atoms with E-state index in [4.69, 9.17) is 10.5 Å². The Morgan fingerprint density at radius 2 is 1.93 bits per heavy atom. The predicted octanol–water partition coefficient (Wildman–Crippen LogP) is 2.85. The third kappa shape index (κ3) is 2.54. The minimum absolute atomic E-state index is 0.186. The van der Waals surface area contributed by atoms with E-state index in [-0.39, 0.29) is 5.60 Å². The topological polar surface area (TPSA) is 35.2 Å². The Hall–Kier alpha value is -0.0800. The molecule has 2 aliphatic carbocycles. The molecule has 88 valence electrons. The smallest absolute Gasteiger partial charge is 0.0698 e. The van der Waals surface area contributed by atoms with Gasteiger partial charge in [-0.05, 0) is 51.0 Å². The van der Waals surface area contributed by atoms with Gasteiger partial charge in [0.1, 0.15) is 0 Å². The van der Waals surface area contributed by atoms with Crippen molar-refractivity contribution in [1.82, 2.24) is 0 Å². The van der Waals surface area contributed by atoms with E-state index in [1.165, 1.54) is 44.9 Å². The van der Waals surface area contributed by atoms with Crippen LogP contribution in [0.15, 0.2) is 0 Å². The maximum Gasteiger partial charge on any atom is 0.0698 e. The number of hydrogen-bond donors (Lipinski definition) is 1. The fraction of sp³-hybridized carbons (Fsp3) is 1.00. The highest BCUT2D eigenvalue weighted by atomic mass is 16.5. The Morgan fingerprint density at radius 3 is 2.47 bits per heavy atom. The summed E-state index contributed by atoms with van der Waals surface area (Å²) in [5.41, 5.74) is 5.87. The molecule has 0 aromatic heterocycles. The standard InChI is InChI=1S/C13H25NO/c1-11-5-2-3-6-12(11)15-13(9-10-14)7-4-8-13/h11-12H,2-10,14H2,1H3. The monoisotopic (exact) mass is 211 g/mol. The van der Waals surface area contributed by atoms with Crippen molar-refractivity contribution >= 4 is 0 Å². The quantitative estimate of drug-likeness (QED) is 0.776. The Balaban J connectivity index is 1.87. The molecule has 2 fully saturated rings. The highest BCUT2D eigenvalue weighted by molar-refractivity contribution is 4.92. The van der Waals surface area contributed by atoms with Gasteiger partial charge >= 0.3 is 0 Å². The zero-order valence-corrected chi connectivity index (χ0v) is 10.0. The van der Waals surface area contributed by atoms with Gasteiger partial charge in [0.25, 0.3) is 0 Å². The molecule has 0 bridgehead atoms. The van der Waals surface area contributed by atoms with Gasteiger partial charge in [0.05, 0.1) is 11.7 Å². The second-order valence-corrected chi connectivity index (χ2v) is 5.49. The molecular weight excluding hydrogens is 186 g/mol. The highest BCUT2D eigenvalue weighted by Gasteiger charge is 2.40. The van der Waals surface area contributed by atoms with Gasteiger partial charge in [-0.1, -0.05) is 19.8 Å². The Morgan fingerprint density at radius 1 is 1.20 bits per heavy atom. The lowest BCUT2D eigenvalue weighted by Crippen LogP contribution is -2.46. The van der Waals surface area contributed by atoms with Gasteiger partial charge in [-0.25, -0.2) is 0 Å². The third-order valence-electron chi connectivity index (χ3n) is 4.30. The number of hydrogen-bond acceptors (Lipinski definition) is 2. The van der Waals surface area contributed by atoms with Crippen LogP contribution in [0.3, 0.4) is 0 Å². The van der Waals surface area contributed by atoms with Crippen molar-refractivity contribution in [1.29, 1.82) is 0 Å². The zero-order chi connectivity index (χ0) is 10.7. The second-order valence-electron chi connectivity index (χ2n) is 5.49. The average Bonchev–Trinajstić information content (AvgIpc) is 2.18. The van der Waals surface area contributed by atoms with Crippen molar-refractivity contribution in [2.75, 3.05) is 6.54 Å². The third-order valence-corrected chi connectivity index (χ3v) is 4.30. The summed E-state index contributed by atoms with van der Waals surface area (Å²) in [7, 11) is 0. The van der Waals surface area contributed by atoms with E-state index in [1.807, 2.05) is 0 Å². The van der Waals surface area contributed by atoms with Crippen molar-refractivity contribution in [2.45, 2.75) is 70.0 Å². The molecule has 0 aliphatic heterocycles. The summed E-state index contributed by atoms with van der Waals surface area (Å²) >= 11 is 0. The summed E-state index contributed by atoms with van der Waals surface area (Å²) in [6, 6.07) is 0. The summed E-state index contributed by atoms with van der Waals surface area (Å²) < 4.78 is 6.39. The SMILES string of the molecule is CC1CCCCC1OC1(CCN)CCC1. The van der Waals surface area contributed by atoms with Crippen molar-refractivity contribution < 1.29 is 4.74 Å². The average molecular weight is 211 g/mol. The molecule has 2 unspecified atom stereocenters. The summed E-state index contributed by atoms with van der Waals surface area (Å²) in [6.07, 6.45) is 10.8. The molecule has 2 aliphatic rings. The van der Waals surface area contributed by atoms with E-state index in [0.29, 0.717) is 6.10 Å². The van der Waals surface area contributed by atoms with E-state index >= 15 is 0 Å². The lowest BCUT2D eigenvalue weighted by Gasteiger charge is -2.46. The van der Waals surface area contributed by atoms with Gasteiger partial charge in [-0.3, -0.25) is 0 Å². The maximum atomic E-state index is 6.39. The molecule has 0 radical (unpaired) electrons. The first-order valence-corrected chi connectivity index (χ1v) is 6.64. The van der Waals surface area contributed by atoms with E-state index in [0.717, 1.165) is 18.9 Å². The lowest BCUT2D eigenvalue weighted by molar-refractivity contribution is -0.164. The van der Waals surface area contributed by atoms with Gasteiger partial charge in [-0.2, -0.15) is 0 Å². The van der Waals surface area contributed by atoms with Gasteiger partial charge in [0.2, 0.25) is 0 Å². The van der Waals surface area contributed by atoms with Crippen LogP contribution < -0.4 is 5.73 Å². The van der Waals surface area contributed by atoms with Crippen LogP contribution in [0.25, 0.3) is 0 Å². The molecule has 2 nitrogen and oxygen atoms in total. The predicted molar refractivity (Wildman–Crippen MR) is 62.8 cm³/mol. The Kier molecular flexibility index (Phi) is 3.68. The van der Waals surface area contributed by atoms with Crippen LogP contribution >= 0.6 is 0 Å². The fourth-order valence-corrected chi connectivity index (χ4v) is 3.04.